The molecule has 0 fully saturated rings. The minimum Gasteiger partial charge on any atom is -0.493 e. The van der Waals surface area contributed by atoms with Crippen molar-refractivity contribution in [2.45, 2.75) is 32.9 Å². The lowest BCUT2D eigenvalue weighted by Crippen LogP contribution is -2.18. The molecule has 0 bridgehead atoms. The number of nitrogens with one attached hydrogen (secondary N) is 1. The number of ether oxygens (including phenoxy) is 2. The maximum absolute atomic E-state index is 12.8. The van der Waals surface area contributed by atoms with Gasteiger partial charge in [-0.15, -0.1) is 0 Å². The fourth-order valence-electron chi connectivity index (χ4n) is 2.47. The van der Waals surface area contributed by atoms with Crippen LogP contribution in [0.25, 0.3) is 0 Å². The standard InChI is InChI=1S/C21H23F3N2O4/c1-13(2)20(28)26-19-11-14(8-9-25-19)16(27)5-4-10-30-17-7-6-15(21(22,23)24)12-18(17)29-3/h6-9,11-13H,4-5,10H2,1-3H3,(H,25,26,28). The van der Waals surface area contributed by atoms with Crippen LogP contribution in [-0.2, 0) is 11.0 Å². The van der Waals surface area contributed by atoms with E-state index in [-0.39, 0.29) is 42.1 Å². The van der Waals surface area contributed by atoms with Crippen LogP contribution in [0, 0.1) is 5.92 Å². The van der Waals surface area contributed by atoms with Gasteiger partial charge in [-0.25, -0.2) is 4.98 Å². The van der Waals surface area contributed by atoms with E-state index in [9.17, 15) is 22.8 Å². The molecule has 6 nitrogen and oxygen atoms in total. The van der Waals surface area contributed by atoms with E-state index in [0.717, 1.165) is 12.1 Å². The molecule has 1 aromatic carbocycles. The van der Waals surface area contributed by atoms with Crippen LogP contribution in [0.4, 0.5) is 19.0 Å². The molecule has 30 heavy (non-hydrogen) atoms. The molecule has 162 valence electrons. The van der Waals surface area contributed by atoms with Crippen LogP contribution in [0.15, 0.2) is 36.5 Å². The highest BCUT2D eigenvalue weighted by molar-refractivity contribution is 5.98. The van der Waals surface area contributed by atoms with E-state index in [2.05, 4.69) is 10.3 Å². The Hall–Kier alpha value is -3.10. The summed E-state index contributed by atoms with van der Waals surface area (Å²) in [7, 11) is 1.25. The molecular formula is C21H23F3N2O4. The molecule has 1 heterocycles. The molecule has 0 unspecified atom stereocenters. The SMILES string of the molecule is COc1cc(C(F)(F)F)ccc1OCCCC(=O)c1ccnc(NC(=O)C(C)C)c1. The number of pyridine rings is 1. The molecule has 1 aromatic heterocycles. The van der Waals surface area contributed by atoms with Gasteiger partial charge in [0.25, 0.3) is 0 Å². The Kier molecular flexibility index (Phi) is 7.79. The molecule has 1 N–H and O–H groups in total. The number of anilines is 1. The lowest BCUT2D eigenvalue weighted by Gasteiger charge is -2.13. The van der Waals surface area contributed by atoms with E-state index in [1.54, 1.807) is 19.9 Å². The second kappa shape index (κ2) is 10.1. The molecule has 0 spiro atoms. The van der Waals surface area contributed by atoms with Crippen LogP contribution in [0.5, 0.6) is 11.5 Å². The monoisotopic (exact) mass is 424 g/mol. The summed E-state index contributed by atoms with van der Waals surface area (Å²) < 4.78 is 48.7. The molecule has 0 aliphatic carbocycles. The molecule has 9 heteroatoms. The first kappa shape index (κ1) is 23.2. The Labute approximate surface area is 172 Å². The zero-order valence-corrected chi connectivity index (χ0v) is 16.9. The van der Waals surface area contributed by atoms with Crippen LogP contribution in [0.3, 0.4) is 0 Å². The molecule has 0 aliphatic heterocycles. The highest BCUT2D eigenvalue weighted by atomic mass is 19.4. The summed E-state index contributed by atoms with van der Waals surface area (Å²) in [5, 5.41) is 2.63. The van der Waals surface area contributed by atoms with Crippen molar-refractivity contribution in [1.29, 1.82) is 0 Å². The molecule has 0 saturated heterocycles. The number of amides is 1. The third-order valence-electron chi connectivity index (χ3n) is 4.15. The van der Waals surface area contributed by atoms with Crippen molar-refractivity contribution in [1.82, 2.24) is 4.98 Å². The average molecular weight is 424 g/mol. The maximum Gasteiger partial charge on any atom is 0.416 e. The van der Waals surface area contributed by atoms with Gasteiger partial charge in [0.1, 0.15) is 5.82 Å². The molecule has 2 aromatic rings. The van der Waals surface area contributed by atoms with Gasteiger partial charge in [-0.05, 0) is 36.8 Å². The number of benzene rings is 1. The van der Waals surface area contributed by atoms with E-state index >= 15 is 0 Å². The van der Waals surface area contributed by atoms with Crippen molar-refractivity contribution >= 4 is 17.5 Å². The largest absolute Gasteiger partial charge is 0.493 e. The number of nitrogens with zero attached hydrogens (tertiary/aromatic N) is 1. The summed E-state index contributed by atoms with van der Waals surface area (Å²) in [6.07, 6.45) is -2.54. The van der Waals surface area contributed by atoms with Crippen molar-refractivity contribution in [3.05, 3.63) is 47.7 Å². The van der Waals surface area contributed by atoms with Crippen molar-refractivity contribution in [3.63, 3.8) is 0 Å². The number of carbonyl (C=O) groups is 2. The van der Waals surface area contributed by atoms with Gasteiger partial charge >= 0.3 is 6.18 Å². The second-order valence-electron chi connectivity index (χ2n) is 6.81. The van der Waals surface area contributed by atoms with Gasteiger partial charge in [0, 0.05) is 24.1 Å². The first-order valence-corrected chi connectivity index (χ1v) is 9.30. The number of hydrogen-bond acceptors (Lipinski definition) is 5. The topological polar surface area (TPSA) is 77.5 Å². The van der Waals surface area contributed by atoms with Crippen LogP contribution in [0.2, 0.25) is 0 Å². The van der Waals surface area contributed by atoms with E-state index in [0.29, 0.717) is 17.8 Å². The van der Waals surface area contributed by atoms with Gasteiger partial charge in [-0.3, -0.25) is 9.59 Å². The minimum atomic E-state index is -4.48. The maximum atomic E-state index is 12.8. The lowest BCUT2D eigenvalue weighted by atomic mass is 10.1. The summed E-state index contributed by atoms with van der Waals surface area (Å²) in [5.74, 6) is -0.154. The zero-order valence-electron chi connectivity index (χ0n) is 16.9. The molecule has 0 saturated carbocycles. The lowest BCUT2D eigenvalue weighted by molar-refractivity contribution is -0.137. The smallest absolute Gasteiger partial charge is 0.416 e. The Morgan fingerprint density at radius 3 is 2.50 bits per heavy atom. The third kappa shape index (κ3) is 6.47. The molecule has 0 radical (unpaired) electrons. The highest BCUT2D eigenvalue weighted by Crippen LogP contribution is 2.36. The predicted octanol–water partition coefficient (Wildman–Crippen LogP) is 4.75. The number of Topliss-reactive ketones (excluding diaryl/α,β-unsaturated/α-hetero) is 1. The minimum absolute atomic E-state index is 0.0316. The molecule has 2 rings (SSSR count). The Balaban J connectivity index is 1.90. The van der Waals surface area contributed by atoms with Crippen LogP contribution in [0.1, 0.15) is 42.6 Å². The van der Waals surface area contributed by atoms with E-state index in [1.165, 1.54) is 25.4 Å². The highest BCUT2D eigenvalue weighted by Gasteiger charge is 2.31. The van der Waals surface area contributed by atoms with Crippen molar-refractivity contribution in [2.24, 2.45) is 5.92 Å². The summed E-state index contributed by atoms with van der Waals surface area (Å²) in [6.45, 7) is 3.61. The second-order valence-corrected chi connectivity index (χ2v) is 6.81. The third-order valence-corrected chi connectivity index (χ3v) is 4.15. The van der Waals surface area contributed by atoms with E-state index in [1.807, 2.05) is 0 Å². The van der Waals surface area contributed by atoms with Crippen LogP contribution >= 0.6 is 0 Å². The Bertz CT molecular complexity index is 898. The van der Waals surface area contributed by atoms with Crippen LogP contribution in [-0.4, -0.2) is 30.4 Å². The van der Waals surface area contributed by atoms with Gasteiger partial charge in [0.15, 0.2) is 17.3 Å². The zero-order chi connectivity index (χ0) is 22.3. The van der Waals surface area contributed by atoms with Gasteiger partial charge in [-0.1, -0.05) is 13.8 Å². The first-order chi connectivity index (χ1) is 14.1. The Morgan fingerprint density at radius 2 is 1.87 bits per heavy atom. The van der Waals surface area contributed by atoms with E-state index in [4.69, 9.17) is 9.47 Å². The first-order valence-electron chi connectivity index (χ1n) is 9.30. The summed E-state index contributed by atoms with van der Waals surface area (Å²) in [6, 6.07) is 6.02. The van der Waals surface area contributed by atoms with E-state index < -0.39 is 11.7 Å². The fraction of sp³-hybridized carbons (Fsp3) is 0.381. The number of halogens is 3. The van der Waals surface area contributed by atoms with Crippen molar-refractivity contribution < 1.29 is 32.2 Å². The van der Waals surface area contributed by atoms with Crippen LogP contribution < -0.4 is 14.8 Å². The van der Waals surface area contributed by atoms with Gasteiger partial charge < -0.3 is 14.8 Å². The molecule has 1 amide bonds. The van der Waals surface area contributed by atoms with Gasteiger partial charge in [0.2, 0.25) is 5.91 Å². The summed E-state index contributed by atoms with van der Waals surface area (Å²) in [5.41, 5.74) is -0.434. The molecular weight excluding hydrogens is 401 g/mol. The quantitative estimate of drug-likeness (QED) is 0.465. The number of alkyl halides is 3. The van der Waals surface area contributed by atoms with Crippen molar-refractivity contribution in [3.8, 4) is 11.5 Å². The van der Waals surface area contributed by atoms with Gasteiger partial charge in [0.05, 0.1) is 19.3 Å². The normalized spacial score (nSPS) is 11.3. The number of carbonyl (C=O) groups excluding carboxylic acids is 2. The predicted molar refractivity (Wildman–Crippen MR) is 105 cm³/mol. The number of hydrogen-bond donors (Lipinski definition) is 1. The summed E-state index contributed by atoms with van der Waals surface area (Å²) in [4.78, 5) is 28.1. The number of ketones is 1. The van der Waals surface area contributed by atoms with Crippen molar-refractivity contribution in [2.75, 3.05) is 19.0 Å². The Morgan fingerprint density at radius 1 is 1.13 bits per heavy atom. The number of methoxy groups -OCH3 is 1. The number of aromatic nitrogens is 1. The molecule has 0 atom stereocenters. The fourth-order valence-corrected chi connectivity index (χ4v) is 2.47. The molecule has 0 aliphatic rings. The number of rotatable bonds is 9. The summed E-state index contributed by atoms with van der Waals surface area (Å²) >= 11 is 0. The van der Waals surface area contributed by atoms with Gasteiger partial charge in [-0.2, -0.15) is 13.2 Å². The average Bonchev–Trinajstić information content (AvgIpc) is 2.70.